The number of nitrogens with one attached hydrogen (secondary N) is 1. The number of esters is 1. The standard InChI is InChI=1S/C21H20F2N2O2/c1-12-16(4-3-5-17(12)22)21(20(26)27-2)9-8-13(10-21)15-7-6-14-11-24-25-19(14)18(15)23/h3-7,11,13H,8-10H2,1-2H3,(H,24,25)/t13-,21-/m0/s1. The SMILES string of the molecule is COC(=O)[C@@]1(c2cccc(F)c2C)CC[C@H](c2ccc3cn[nH]c3c2F)C1. The van der Waals surface area contributed by atoms with Gasteiger partial charge in [-0.3, -0.25) is 9.89 Å². The fraction of sp³-hybridized carbons (Fsp3) is 0.333. The molecule has 2 atom stereocenters. The van der Waals surface area contributed by atoms with Crippen LogP contribution in [0.25, 0.3) is 10.9 Å². The first-order chi connectivity index (χ1) is 13.0. The maximum absolute atomic E-state index is 15.0. The third-order valence-corrected chi connectivity index (χ3v) is 5.90. The molecule has 0 aliphatic heterocycles. The number of benzene rings is 2. The van der Waals surface area contributed by atoms with Crippen LogP contribution in [0.3, 0.4) is 0 Å². The number of aromatic amines is 1. The Morgan fingerprint density at radius 2 is 2.11 bits per heavy atom. The van der Waals surface area contributed by atoms with Crippen molar-refractivity contribution in [2.24, 2.45) is 0 Å². The largest absolute Gasteiger partial charge is 0.468 e. The van der Waals surface area contributed by atoms with Gasteiger partial charge in [0.25, 0.3) is 0 Å². The minimum Gasteiger partial charge on any atom is -0.468 e. The molecule has 0 saturated heterocycles. The number of hydrogen-bond acceptors (Lipinski definition) is 3. The summed E-state index contributed by atoms with van der Waals surface area (Å²) in [7, 11) is 1.34. The monoisotopic (exact) mass is 370 g/mol. The lowest BCUT2D eigenvalue weighted by Crippen LogP contribution is -2.35. The van der Waals surface area contributed by atoms with Gasteiger partial charge in [0.15, 0.2) is 5.82 Å². The molecule has 0 bridgehead atoms. The predicted molar refractivity (Wildman–Crippen MR) is 97.5 cm³/mol. The van der Waals surface area contributed by atoms with Crippen molar-refractivity contribution in [1.29, 1.82) is 0 Å². The summed E-state index contributed by atoms with van der Waals surface area (Å²) in [6.07, 6.45) is 3.04. The zero-order valence-corrected chi connectivity index (χ0v) is 15.2. The molecule has 0 spiro atoms. The molecule has 6 heteroatoms. The maximum atomic E-state index is 15.0. The Balaban J connectivity index is 1.79. The topological polar surface area (TPSA) is 55.0 Å². The van der Waals surface area contributed by atoms with Crippen LogP contribution in [0.2, 0.25) is 0 Å². The van der Waals surface area contributed by atoms with Crippen LogP contribution in [0.4, 0.5) is 8.78 Å². The van der Waals surface area contributed by atoms with Crippen molar-refractivity contribution in [2.75, 3.05) is 7.11 Å². The number of hydrogen-bond donors (Lipinski definition) is 1. The van der Waals surface area contributed by atoms with Crippen molar-refractivity contribution >= 4 is 16.9 Å². The molecule has 1 saturated carbocycles. The number of carbonyl (C=O) groups excluding carboxylic acids is 1. The van der Waals surface area contributed by atoms with Crippen LogP contribution in [0.15, 0.2) is 36.5 Å². The summed E-state index contributed by atoms with van der Waals surface area (Å²) in [5.74, 6) is -1.27. The molecule has 4 rings (SSSR count). The minimum atomic E-state index is -0.971. The summed E-state index contributed by atoms with van der Waals surface area (Å²) in [5.41, 5.74) is 1.01. The molecule has 1 heterocycles. The van der Waals surface area contributed by atoms with Crippen LogP contribution >= 0.6 is 0 Å². The molecular weight excluding hydrogens is 350 g/mol. The third-order valence-electron chi connectivity index (χ3n) is 5.90. The molecule has 1 N–H and O–H groups in total. The number of H-pyrrole nitrogens is 1. The molecule has 1 aliphatic carbocycles. The number of aromatic nitrogens is 2. The van der Waals surface area contributed by atoms with E-state index in [1.54, 1.807) is 31.3 Å². The summed E-state index contributed by atoms with van der Waals surface area (Å²) in [6.45, 7) is 1.67. The highest BCUT2D eigenvalue weighted by atomic mass is 19.1. The fourth-order valence-electron chi connectivity index (χ4n) is 4.48. The number of ether oxygens (including phenoxy) is 1. The van der Waals surface area contributed by atoms with Gasteiger partial charge in [-0.05, 0) is 54.9 Å². The van der Waals surface area contributed by atoms with Crippen LogP contribution in [0.5, 0.6) is 0 Å². The molecule has 0 radical (unpaired) electrons. The highest BCUT2D eigenvalue weighted by Gasteiger charge is 2.49. The molecule has 0 unspecified atom stereocenters. The van der Waals surface area contributed by atoms with Gasteiger partial charge in [-0.15, -0.1) is 0 Å². The zero-order valence-electron chi connectivity index (χ0n) is 15.2. The lowest BCUT2D eigenvalue weighted by molar-refractivity contribution is -0.147. The number of fused-ring (bicyclic) bond motifs is 1. The van der Waals surface area contributed by atoms with Crippen molar-refractivity contribution in [1.82, 2.24) is 10.2 Å². The van der Waals surface area contributed by atoms with E-state index in [4.69, 9.17) is 4.74 Å². The van der Waals surface area contributed by atoms with Crippen LogP contribution in [-0.2, 0) is 14.9 Å². The van der Waals surface area contributed by atoms with E-state index < -0.39 is 11.4 Å². The number of methoxy groups -OCH3 is 1. The molecule has 4 nitrogen and oxygen atoms in total. The van der Waals surface area contributed by atoms with Crippen molar-refractivity contribution in [3.05, 3.63) is 64.9 Å². The van der Waals surface area contributed by atoms with Crippen molar-refractivity contribution in [3.8, 4) is 0 Å². The van der Waals surface area contributed by atoms with E-state index in [0.717, 1.165) is 0 Å². The Hall–Kier alpha value is -2.76. The second-order valence-electron chi connectivity index (χ2n) is 7.23. The molecule has 1 aliphatic rings. The predicted octanol–water partition coefficient (Wildman–Crippen LogP) is 4.53. The van der Waals surface area contributed by atoms with Gasteiger partial charge in [0, 0.05) is 5.39 Å². The fourth-order valence-corrected chi connectivity index (χ4v) is 4.48. The first kappa shape index (κ1) is 17.6. The summed E-state index contributed by atoms with van der Waals surface area (Å²) in [5, 5.41) is 7.28. The quantitative estimate of drug-likeness (QED) is 0.689. The van der Waals surface area contributed by atoms with Crippen LogP contribution < -0.4 is 0 Å². The summed E-state index contributed by atoms with van der Waals surface area (Å²) < 4.78 is 34.2. The summed E-state index contributed by atoms with van der Waals surface area (Å²) in [4.78, 5) is 12.8. The average molecular weight is 370 g/mol. The van der Waals surface area contributed by atoms with Gasteiger partial charge in [0.05, 0.1) is 18.7 Å². The third kappa shape index (κ3) is 2.62. The van der Waals surface area contributed by atoms with E-state index in [-0.39, 0.29) is 17.6 Å². The van der Waals surface area contributed by atoms with Crippen LogP contribution in [0.1, 0.15) is 41.9 Å². The van der Waals surface area contributed by atoms with E-state index in [9.17, 15) is 13.6 Å². The first-order valence-corrected chi connectivity index (χ1v) is 8.93. The van der Waals surface area contributed by atoms with Crippen molar-refractivity contribution in [3.63, 3.8) is 0 Å². The van der Waals surface area contributed by atoms with E-state index in [0.29, 0.717) is 46.9 Å². The second kappa shape index (κ2) is 6.44. The first-order valence-electron chi connectivity index (χ1n) is 8.93. The Bertz CT molecular complexity index is 1030. The van der Waals surface area contributed by atoms with Crippen LogP contribution in [-0.4, -0.2) is 23.3 Å². The van der Waals surface area contributed by atoms with E-state index in [1.807, 2.05) is 6.07 Å². The van der Waals surface area contributed by atoms with E-state index >= 15 is 0 Å². The van der Waals surface area contributed by atoms with E-state index in [2.05, 4.69) is 10.2 Å². The van der Waals surface area contributed by atoms with Gasteiger partial charge in [0.2, 0.25) is 0 Å². The van der Waals surface area contributed by atoms with Gasteiger partial charge < -0.3 is 4.74 Å². The Kier molecular flexibility index (Phi) is 4.21. The molecule has 1 fully saturated rings. The van der Waals surface area contributed by atoms with E-state index in [1.165, 1.54) is 13.2 Å². The molecule has 1 aromatic heterocycles. The number of halogens is 2. The lowest BCUT2D eigenvalue weighted by atomic mass is 9.75. The Morgan fingerprint density at radius 3 is 2.89 bits per heavy atom. The van der Waals surface area contributed by atoms with Crippen molar-refractivity contribution < 1.29 is 18.3 Å². The highest BCUT2D eigenvalue weighted by molar-refractivity contribution is 5.85. The molecule has 140 valence electrons. The number of rotatable bonds is 3. The molecular formula is C21H20F2N2O2. The Morgan fingerprint density at radius 1 is 1.30 bits per heavy atom. The smallest absolute Gasteiger partial charge is 0.316 e. The van der Waals surface area contributed by atoms with Crippen molar-refractivity contribution in [2.45, 2.75) is 37.5 Å². The number of carbonyl (C=O) groups is 1. The zero-order chi connectivity index (χ0) is 19.2. The summed E-state index contributed by atoms with van der Waals surface area (Å²) in [6, 6.07) is 8.33. The molecule has 2 aromatic carbocycles. The Labute approximate surface area is 155 Å². The number of nitrogens with zero attached hydrogens (tertiary/aromatic N) is 1. The van der Waals surface area contributed by atoms with Gasteiger partial charge in [-0.1, -0.05) is 24.3 Å². The van der Waals surface area contributed by atoms with Gasteiger partial charge in [-0.25, -0.2) is 8.78 Å². The second-order valence-corrected chi connectivity index (χ2v) is 7.23. The van der Waals surface area contributed by atoms with Gasteiger partial charge in [0.1, 0.15) is 11.3 Å². The van der Waals surface area contributed by atoms with Gasteiger partial charge >= 0.3 is 5.97 Å². The summed E-state index contributed by atoms with van der Waals surface area (Å²) >= 11 is 0. The molecule has 0 amide bonds. The molecule has 27 heavy (non-hydrogen) atoms. The lowest BCUT2D eigenvalue weighted by Gasteiger charge is -2.29. The molecule has 3 aromatic rings. The minimum absolute atomic E-state index is 0.167. The maximum Gasteiger partial charge on any atom is 0.316 e. The van der Waals surface area contributed by atoms with Crippen LogP contribution in [0, 0.1) is 18.6 Å². The van der Waals surface area contributed by atoms with Gasteiger partial charge in [-0.2, -0.15) is 5.10 Å². The highest BCUT2D eigenvalue weighted by Crippen LogP contribution is 2.50. The normalized spacial score (nSPS) is 22.3. The average Bonchev–Trinajstić information content (AvgIpc) is 3.32.